The number of hydrogen-bond donors (Lipinski definition) is 1. The maximum absolute atomic E-state index is 11.9. The van der Waals surface area contributed by atoms with Crippen LogP contribution in [0.15, 0.2) is 0 Å². The molecule has 0 bridgehead atoms. The summed E-state index contributed by atoms with van der Waals surface area (Å²) in [5.74, 6) is 1.54. The Labute approximate surface area is 105 Å². The van der Waals surface area contributed by atoms with Gasteiger partial charge in [-0.3, -0.25) is 0 Å². The van der Waals surface area contributed by atoms with Gasteiger partial charge in [-0.1, -0.05) is 32.6 Å². The van der Waals surface area contributed by atoms with Crippen molar-refractivity contribution in [2.75, 3.05) is 19.6 Å². The molecule has 0 spiro atoms. The molecule has 1 atom stereocenters. The van der Waals surface area contributed by atoms with Gasteiger partial charge in [-0.25, -0.2) is 4.79 Å². The van der Waals surface area contributed by atoms with Gasteiger partial charge in [0.25, 0.3) is 0 Å². The maximum Gasteiger partial charge on any atom is 0.317 e. The van der Waals surface area contributed by atoms with E-state index in [1.54, 1.807) is 0 Å². The van der Waals surface area contributed by atoms with Gasteiger partial charge in [0.15, 0.2) is 0 Å². The van der Waals surface area contributed by atoms with Crippen LogP contribution in [-0.2, 0) is 0 Å². The van der Waals surface area contributed by atoms with Crippen LogP contribution in [0.3, 0.4) is 0 Å². The molecule has 98 valence electrons. The van der Waals surface area contributed by atoms with Crippen LogP contribution in [0.4, 0.5) is 4.79 Å². The summed E-state index contributed by atoms with van der Waals surface area (Å²) >= 11 is 0. The number of urea groups is 1. The molecule has 1 heterocycles. The lowest BCUT2D eigenvalue weighted by molar-refractivity contribution is 0.169. The molecule has 2 amide bonds. The molecule has 2 fully saturated rings. The highest BCUT2D eigenvalue weighted by molar-refractivity contribution is 5.74. The Hall–Kier alpha value is -0.730. The smallest absolute Gasteiger partial charge is 0.317 e. The van der Waals surface area contributed by atoms with Gasteiger partial charge >= 0.3 is 6.03 Å². The largest absolute Gasteiger partial charge is 0.338 e. The fourth-order valence-corrected chi connectivity index (χ4v) is 3.17. The third-order valence-electron chi connectivity index (χ3n) is 4.25. The average molecular weight is 238 g/mol. The molecule has 1 saturated heterocycles. The molecule has 0 radical (unpaired) electrons. The highest BCUT2D eigenvalue weighted by Gasteiger charge is 2.21. The van der Waals surface area contributed by atoms with Crippen molar-refractivity contribution in [3.63, 3.8) is 0 Å². The molecular weight excluding hydrogens is 212 g/mol. The molecule has 0 aromatic carbocycles. The van der Waals surface area contributed by atoms with E-state index in [4.69, 9.17) is 0 Å². The van der Waals surface area contributed by atoms with E-state index in [9.17, 15) is 4.79 Å². The van der Waals surface area contributed by atoms with Crippen molar-refractivity contribution in [1.82, 2.24) is 10.2 Å². The first-order valence-corrected chi connectivity index (χ1v) is 7.28. The van der Waals surface area contributed by atoms with E-state index in [1.165, 1.54) is 38.5 Å². The van der Waals surface area contributed by atoms with Crippen molar-refractivity contribution in [2.45, 2.75) is 51.9 Å². The molecule has 0 aromatic rings. The number of nitrogens with one attached hydrogen (secondary N) is 1. The summed E-state index contributed by atoms with van der Waals surface area (Å²) in [4.78, 5) is 13.9. The number of piperidine rings is 1. The van der Waals surface area contributed by atoms with E-state index in [-0.39, 0.29) is 6.03 Å². The molecule has 3 heteroatoms. The van der Waals surface area contributed by atoms with E-state index >= 15 is 0 Å². The Kier molecular flexibility index (Phi) is 4.69. The quantitative estimate of drug-likeness (QED) is 0.805. The second-order valence-corrected chi connectivity index (χ2v) is 5.86. The Balaban J connectivity index is 1.62. The average Bonchev–Trinajstić information content (AvgIpc) is 2.82. The highest BCUT2D eigenvalue weighted by atomic mass is 16.2. The van der Waals surface area contributed by atoms with Crippen LogP contribution in [0.2, 0.25) is 0 Å². The number of likely N-dealkylation sites (tertiary alicyclic amines) is 1. The van der Waals surface area contributed by atoms with Crippen molar-refractivity contribution in [2.24, 2.45) is 11.8 Å². The van der Waals surface area contributed by atoms with Gasteiger partial charge < -0.3 is 10.2 Å². The summed E-state index contributed by atoms with van der Waals surface area (Å²) in [6.07, 6.45) is 9.13. The minimum atomic E-state index is 0.162. The van der Waals surface area contributed by atoms with Crippen molar-refractivity contribution >= 4 is 6.03 Å². The molecular formula is C14H26N2O. The summed E-state index contributed by atoms with van der Waals surface area (Å²) < 4.78 is 0. The number of rotatable bonds is 3. The SMILES string of the molecule is CC1CCCN(C(=O)NCCC2CCCC2)C1. The molecule has 17 heavy (non-hydrogen) atoms. The molecule has 2 aliphatic rings. The van der Waals surface area contributed by atoms with Gasteiger partial charge in [-0.2, -0.15) is 0 Å². The topological polar surface area (TPSA) is 32.3 Å². The maximum atomic E-state index is 11.9. The lowest BCUT2D eigenvalue weighted by Gasteiger charge is -2.31. The lowest BCUT2D eigenvalue weighted by atomic mass is 10.0. The molecule has 1 saturated carbocycles. The molecule has 1 N–H and O–H groups in total. The van der Waals surface area contributed by atoms with Gasteiger partial charge in [-0.15, -0.1) is 0 Å². The van der Waals surface area contributed by atoms with Gasteiger partial charge in [0, 0.05) is 19.6 Å². The predicted molar refractivity (Wildman–Crippen MR) is 69.9 cm³/mol. The second-order valence-electron chi connectivity index (χ2n) is 5.86. The Bertz CT molecular complexity index is 249. The van der Waals surface area contributed by atoms with E-state index in [1.807, 2.05) is 4.90 Å². The van der Waals surface area contributed by atoms with Crippen molar-refractivity contribution in [3.05, 3.63) is 0 Å². The number of carbonyl (C=O) groups excluding carboxylic acids is 1. The minimum Gasteiger partial charge on any atom is -0.338 e. The minimum absolute atomic E-state index is 0.162. The standard InChI is InChI=1S/C14H26N2O/c1-12-5-4-10-16(11-12)14(17)15-9-8-13-6-2-3-7-13/h12-13H,2-11H2,1H3,(H,15,17). The zero-order chi connectivity index (χ0) is 12.1. The Morgan fingerprint density at radius 2 is 2.00 bits per heavy atom. The first-order chi connectivity index (χ1) is 8.25. The number of carbonyl (C=O) groups is 1. The monoisotopic (exact) mass is 238 g/mol. The van der Waals surface area contributed by atoms with E-state index in [0.29, 0.717) is 5.92 Å². The Morgan fingerprint density at radius 1 is 1.24 bits per heavy atom. The van der Waals surface area contributed by atoms with Crippen LogP contribution in [0.25, 0.3) is 0 Å². The van der Waals surface area contributed by atoms with Crippen LogP contribution in [0.5, 0.6) is 0 Å². The zero-order valence-corrected chi connectivity index (χ0v) is 11.1. The van der Waals surface area contributed by atoms with Crippen LogP contribution in [-0.4, -0.2) is 30.6 Å². The molecule has 3 nitrogen and oxygen atoms in total. The second kappa shape index (κ2) is 6.27. The third kappa shape index (κ3) is 3.90. The summed E-state index contributed by atoms with van der Waals surface area (Å²) in [5, 5.41) is 3.09. The van der Waals surface area contributed by atoms with E-state index < -0.39 is 0 Å². The number of nitrogens with zero attached hydrogens (tertiary/aromatic N) is 1. The number of amides is 2. The van der Waals surface area contributed by atoms with Crippen LogP contribution in [0, 0.1) is 11.8 Å². The first-order valence-electron chi connectivity index (χ1n) is 7.28. The van der Waals surface area contributed by atoms with Gasteiger partial charge in [0.05, 0.1) is 0 Å². The highest BCUT2D eigenvalue weighted by Crippen LogP contribution is 2.26. The third-order valence-corrected chi connectivity index (χ3v) is 4.25. The van der Waals surface area contributed by atoms with Gasteiger partial charge in [0.2, 0.25) is 0 Å². The zero-order valence-electron chi connectivity index (χ0n) is 11.1. The van der Waals surface area contributed by atoms with Crippen LogP contribution in [0.1, 0.15) is 51.9 Å². The molecule has 1 aliphatic heterocycles. The van der Waals surface area contributed by atoms with E-state index in [2.05, 4.69) is 12.2 Å². The molecule has 1 aliphatic carbocycles. The van der Waals surface area contributed by atoms with E-state index in [0.717, 1.165) is 32.0 Å². The molecule has 1 unspecified atom stereocenters. The van der Waals surface area contributed by atoms with Crippen molar-refractivity contribution in [3.8, 4) is 0 Å². The lowest BCUT2D eigenvalue weighted by Crippen LogP contribution is -2.45. The normalized spacial score (nSPS) is 26.2. The van der Waals surface area contributed by atoms with Crippen molar-refractivity contribution < 1.29 is 4.79 Å². The predicted octanol–water partition coefficient (Wildman–Crippen LogP) is 3.01. The Morgan fingerprint density at radius 3 is 2.71 bits per heavy atom. The summed E-state index contributed by atoms with van der Waals surface area (Å²) in [6.45, 7) is 4.99. The number of hydrogen-bond acceptors (Lipinski definition) is 1. The van der Waals surface area contributed by atoms with Crippen molar-refractivity contribution in [1.29, 1.82) is 0 Å². The first kappa shape index (κ1) is 12.7. The van der Waals surface area contributed by atoms with Gasteiger partial charge in [-0.05, 0) is 31.1 Å². The fraction of sp³-hybridized carbons (Fsp3) is 0.929. The van der Waals surface area contributed by atoms with Gasteiger partial charge in [0.1, 0.15) is 0 Å². The fourth-order valence-electron chi connectivity index (χ4n) is 3.17. The van der Waals surface area contributed by atoms with Crippen LogP contribution < -0.4 is 5.32 Å². The summed E-state index contributed by atoms with van der Waals surface area (Å²) in [6, 6.07) is 0.162. The molecule has 2 rings (SSSR count). The van der Waals surface area contributed by atoms with Crippen LogP contribution >= 0.6 is 0 Å². The summed E-state index contributed by atoms with van der Waals surface area (Å²) in [7, 11) is 0. The summed E-state index contributed by atoms with van der Waals surface area (Å²) in [5.41, 5.74) is 0. The molecule has 0 aromatic heterocycles.